The predicted molar refractivity (Wildman–Crippen MR) is 67.4 cm³/mol. The van der Waals surface area contributed by atoms with Crippen LogP contribution in [0.4, 0.5) is 0 Å². The summed E-state index contributed by atoms with van der Waals surface area (Å²) in [7, 11) is -0.637. The molecule has 0 radical (unpaired) electrons. The standard InChI is InChI=1S/C10H26OSi2/c1-12(2)9-5-7-11-8-6-10-13(3)4/h12-13H,5-10H2,1-4H3. The van der Waals surface area contributed by atoms with Gasteiger partial charge in [-0.1, -0.05) is 38.3 Å². The molecule has 0 aliphatic carbocycles. The van der Waals surface area contributed by atoms with Crippen LogP contribution in [-0.4, -0.2) is 30.8 Å². The van der Waals surface area contributed by atoms with Crippen LogP contribution in [0.2, 0.25) is 38.3 Å². The van der Waals surface area contributed by atoms with Gasteiger partial charge in [0.15, 0.2) is 0 Å². The predicted octanol–water partition coefficient (Wildman–Crippen LogP) is 2.76. The summed E-state index contributed by atoms with van der Waals surface area (Å²) in [4.78, 5) is 0. The highest BCUT2D eigenvalue weighted by Crippen LogP contribution is 2.00. The molecule has 0 saturated heterocycles. The summed E-state index contributed by atoms with van der Waals surface area (Å²) < 4.78 is 5.58. The molecule has 1 nitrogen and oxygen atoms in total. The molecule has 0 spiro atoms. The highest BCUT2D eigenvalue weighted by atomic mass is 28.3. The van der Waals surface area contributed by atoms with Crippen LogP contribution in [0.25, 0.3) is 0 Å². The van der Waals surface area contributed by atoms with E-state index in [-0.39, 0.29) is 17.6 Å². The largest absolute Gasteiger partial charge is 0.381 e. The van der Waals surface area contributed by atoms with Crippen molar-refractivity contribution in [2.45, 2.75) is 51.1 Å². The molecular formula is C10H26OSi2. The van der Waals surface area contributed by atoms with Crippen molar-refractivity contribution in [3.05, 3.63) is 0 Å². The molecule has 13 heavy (non-hydrogen) atoms. The molecule has 0 aromatic heterocycles. The molecule has 0 unspecified atom stereocenters. The van der Waals surface area contributed by atoms with E-state index in [1.807, 2.05) is 0 Å². The van der Waals surface area contributed by atoms with Crippen molar-refractivity contribution in [1.29, 1.82) is 0 Å². The van der Waals surface area contributed by atoms with E-state index in [2.05, 4.69) is 26.2 Å². The van der Waals surface area contributed by atoms with Crippen LogP contribution in [0.5, 0.6) is 0 Å². The summed E-state index contributed by atoms with van der Waals surface area (Å²) in [5.74, 6) is 0. The molecule has 0 aliphatic heterocycles. The van der Waals surface area contributed by atoms with Gasteiger partial charge in [0.2, 0.25) is 0 Å². The van der Waals surface area contributed by atoms with Gasteiger partial charge in [-0.05, 0) is 12.8 Å². The molecule has 0 fully saturated rings. The molecule has 0 rings (SSSR count). The lowest BCUT2D eigenvalue weighted by molar-refractivity contribution is 0.135. The first kappa shape index (κ1) is 13.4. The average Bonchev–Trinajstić information content (AvgIpc) is 2.01. The van der Waals surface area contributed by atoms with Crippen LogP contribution in [0.1, 0.15) is 12.8 Å². The fourth-order valence-electron chi connectivity index (χ4n) is 1.29. The van der Waals surface area contributed by atoms with Gasteiger partial charge in [0, 0.05) is 30.8 Å². The minimum absolute atomic E-state index is 0.319. The SMILES string of the molecule is C[SiH](C)CCCOCCC[SiH](C)C. The molecule has 0 heterocycles. The second-order valence-corrected chi connectivity index (χ2v) is 11.4. The summed E-state index contributed by atoms with van der Waals surface area (Å²) in [6.45, 7) is 11.6. The third-order valence-electron chi connectivity index (χ3n) is 2.14. The Morgan fingerprint density at radius 2 is 1.15 bits per heavy atom. The van der Waals surface area contributed by atoms with Gasteiger partial charge < -0.3 is 4.74 Å². The fourth-order valence-corrected chi connectivity index (χ4v) is 3.26. The Labute approximate surface area is 87.1 Å². The summed E-state index contributed by atoms with van der Waals surface area (Å²) >= 11 is 0. The lowest BCUT2D eigenvalue weighted by atomic mass is 10.5. The third kappa shape index (κ3) is 12.4. The fraction of sp³-hybridized carbons (Fsp3) is 1.00. The van der Waals surface area contributed by atoms with Gasteiger partial charge in [0.1, 0.15) is 0 Å². The van der Waals surface area contributed by atoms with Gasteiger partial charge in [0.25, 0.3) is 0 Å². The van der Waals surface area contributed by atoms with Crippen molar-refractivity contribution in [3.63, 3.8) is 0 Å². The average molecular weight is 218 g/mol. The monoisotopic (exact) mass is 218 g/mol. The van der Waals surface area contributed by atoms with Gasteiger partial charge in [0.05, 0.1) is 0 Å². The highest BCUT2D eigenvalue weighted by Gasteiger charge is 1.97. The molecule has 0 saturated carbocycles. The summed E-state index contributed by atoms with van der Waals surface area (Å²) in [5, 5.41) is 0. The van der Waals surface area contributed by atoms with Crippen LogP contribution < -0.4 is 0 Å². The smallest absolute Gasteiger partial charge is 0.0463 e. The number of rotatable bonds is 8. The molecule has 0 N–H and O–H groups in total. The lowest BCUT2D eigenvalue weighted by Gasteiger charge is -2.06. The molecule has 3 heteroatoms. The maximum absolute atomic E-state index is 5.58. The Kier molecular flexibility index (Phi) is 9.24. The molecule has 0 amide bonds. The Bertz CT molecular complexity index is 93.1. The van der Waals surface area contributed by atoms with Gasteiger partial charge in [-0.25, -0.2) is 0 Å². The Morgan fingerprint density at radius 3 is 1.46 bits per heavy atom. The van der Waals surface area contributed by atoms with Gasteiger partial charge in [-0.3, -0.25) is 0 Å². The highest BCUT2D eigenvalue weighted by molar-refractivity contribution is 6.55. The van der Waals surface area contributed by atoms with Crippen molar-refractivity contribution in [3.8, 4) is 0 Å². The second kappa shape index (κ2) is 8.97. The normalized spacial score (nSPS) is 11.5. The molecule has 0 aliphatic rings. The number of ether oxygens (including phenoxy) is 1. The van der Waals surface area contributed by atoms with Crippen LogP contribution in [0.15, 0.2) is 0 Å². The topological polar surface area (TPSA) is 9.23 Å². The quantitative estimate of drug-likeness (QED) is 0.450. The maximum Gasteiger partial charge on any atom is 0.0463 e. The molecule has 80 valence electrons. The Hall–Kier alpha value is 0.394. The van der Waals surface area contributed by atoms with E-state index in [4.69, 9.17) is 4.74 Å². The van der Waals surface area contributed by atoms with E-state index in [0.717, 1.165) is 13.2 Å². The molecular weight excluding hydrogens is 192 g/mol. The Morgan fingerprint density at radius 1 is 0.769 bits per heavy atom. The minimum atomic E-state index is -0.319. The first-order chi connectivity index (χ1) is 6.13. The third-order valence-corrected chi connectivity index (χ3v) is 5.27. The molecule has 0 aromatic carbocycles. The van der Waals surface area contributed by atoms with E-state index in [9.17, 15) is 0 Å². The van der Waals surface area contributed by atoms with Gasteiger partial charge in [-0.2, -0.15) is 0 Å². The van der Waals surface area contributed by atoms with Crippen LogP contribution >= 0.6 is 0 Å². The zero-order valence-electron chi connectivity index (χ0n) is 9.81. The van der Waals surface area contributed by atoms with Crippen molar-refractivity contribution >= 4 is 17.6 Å². The number of hydrogen-bond acceptors (Lipinski definition) is 1. The van der Waals surface area contributed by atoms with Gasteiger partial charge >= 0.3 is 0 Å². The zero-order chi connectivity index (χ0) is 10.1. The molecule has 0 aromatic rings. The van der Waals surface area contributed by atoms with E-state index < -0.39 is 0 Å². The zero-order valence-corrected chi connectivity index (χ0v) is 12.1. The Balaban J connectivity index is 2.92. The van der Waals surface area contributed by atoms with Crippen molar-refractivity contribution in [2.75, 3.05) is 13.2 Å². The molecule has 0 bridgehead atoms. The van der Waals surface area contributed by atoms with Crippen LogP contribution in [-0.2, 0) is 4.74 Å². The van der Waals surface area contributed by atoms with Crippen molar-refractivity contribution < 1.29 is 4.74 Å². The van der Waals surface area contributed by atoms with E-state index in [1.165, 1.54) is 24.9 Å². The van der Waals surface area contributed by atoms with Crippen molar-refractivity contribution in [2.24, 2.45) is 0 Å². The first-order valence-corrected chi connectivity index (χ1v) is 12.0. The van der Waals surface area contributed by atoms with E-state index in [0.29, 0.717) is 0 Å². The minimum Gasteiger partial charge on any atom is -0.381 e. The number of hydrogen-bond donors (Lipinski definition) is 0. The van der Waals surface area contributed by atoms with Gasteiger partial charge in [-0.15, -0.1) is 0 Å². The summed E-state index contributed by atoms with van der Waals surface area (Å²) in [6.07, 6.45) is 2.59. The van der Waals surface area contributed by atoms with Crippen molar-refractivity contribution in [1.82, 2.24) is 0 Å². The second-order valence-electron chi connectivity index (χ2n) is 4.68. The van der Waals surface area contributed by atoms with E-state index >= 15 is 0 Å². The van der Waals surface area contributed by atoms with Crippen LogP contribution in [0.3, 0.4) is 0 Å². The maximum atomic E-state index is 5.58. The summed E-state index contributed by atoms with van der Waals surface area (Å²) in [5.41, 5.74) is 0. The van der Waals surface area contributed by atoms with E-state index in [1.54, 1.807) is 0 Å². The summed E-state index contributed by atoms with van der Waals surface area (Å²) in [6, 6.07) is 2.89. The van der Waals surface area contributed by atoms with Crippen LogP contribution in [0, 0.1) is 0 Å². The lowest BCUT2D eigenvalue weighted by Crippen LogP contribution is -2.05. The first-order valence-electron chi connectivity index (χ1n) is 5.70. The molecule has 0 atom stereocenters.